The van der Waals surface area contributed by atoms with Gasteiger partial charge in [0.1, 0.15) is 5.69 Å². The van der Waals surface area contributed by atoms with E-state index in [1.807, 2.05) is 13.1 Å². The van der Waals surface area contributed by atoms with Crippen LogP contribution in [0.25, 0.3) is 0 Å². The monoisotopic (exact) mass is 351 g/mol. The lowest BCUT2D eigenvalue weighted by molar-refractivity contribution is 0.353. The molecule has 0 bridgehead atoms. The van der Waals surface area contributed by atoms with Crippen molar-refractivity contribution in [2.75, 3.05) is 21.3 Å². The van der Waals surface area contributed by atoms with Crippen LogP contribution in [0.3, 0.4) is 0 Å². The number of methoxy groups -OCH3 is 2. The zero-order chi connectivity index (χ0) is 15.4. The van der Waals surface area contributed by atoms with Gasteiger partial charge in [0.2, 0.25) is 11.8 Å². The van der Waals surface area contributed by atoms with E-state index in [-0.39, 0.29) is 6.04 Å². The molecule has 1 unspecified atom stereocenters. The molecule has 0 spiro atoms. The van der Waals surface area contributed by atoms with E-state index in [0.29, 0.717) is 11.8 Å². The van der Waals surface area contributed by atoms with Gasteiger partial charge in [-0.2, -0.15) is 4.98 Å². The van der Waals surface area contributed by atoms with E-state index in [4.69, 9.17) is 9.47 Å². The molecule has 21 heavy (non-hydrogen) atoms. The third-order valence-electron chi connectivity index (χ3n) is 3.25. The fraction of sp³-hybridized carbons (Fsp3) is 0.333. The molecule has 1 N–H and O–H groups in total. The Labute approximate surface area is 132 Å². The van der Waals surface area contributed by atoms with Gasteiger partial charge in [-0.25, -0.2) is 4.98 Å². The molecule has 0 aliphatic carbocycles. The molecule has 112 valence electrons. The Hall–Kier alpha value is -1.66. The molecule has 0 saturated heterocycles. The Kier molecular flexibility index (Phi) is 5.14. The zero-order valence-corrected chi connectivity index (χ0v) is 14.1. The van der Waals surface area contributed by atoms with E-state index < -0.39 is 0 Å². The lowest BCUT2D eigenvalue weighted by atomic mass is 9.99. The number of rotatable bonds is 5. The summed E-state index contributed by atoms with van der Waals surface area (Å²) in [6.45, 7) is 2.06. The molecule has 0 radical (unpaired) electrons. The van der Waals surface area contributed by atoms with Gasteiger partial charge >= 0.3 is 0 Å². The molecule has 1 aromatic heterocycles. The number of aromatic nitrogens is 2. The Balaban J connectivity index is 2.50. The lowest BCUT2D eigenvalue weighted by Crippen LogP contribution is -2.21. The standard InChI is InChI=1S/C15H18BrN3O2/c1-9-7-10(16)5-6-11(9)13(17-2)14-15(21-4)19-12(20-3)8-18-14/h5-8,13,17H,1-4H3. The quantitative estimate of drug-likeness (QED) is 0.897. The van der Waals surface area contributed by atoms with Crippen LogP contribution in [0, 0.1) is 6.92 Å². The van der Waals surface area contributed by atoms with E-state index in [1.54, 1.807) is 20.4 Å². The van der Waals surface area contributed by atoms with Crippen molar-refractivity contribution in [1.82, 2.24) is 15.3 Å². The molecule has 0 amide bonds. The average Bonchev–Trinajstić information content (AvgIpc) is 2.50. The van der Waals surface area contributed by atoms with Gasteiger partial charge in [0.15, 0.2) is 0 Å². The molecular weight excluding hydrogens is 334 g/mol. The Morgan fingerprint density at radius 2 is 2.00 bits per heavy atom. The van der Waals surface area contributed by atoms with Crippen LogP contribution in [0.2, 0.25) is 0 Å². The Bertz CT molecular complexity index is 634. The number of halogens is 1. The first-order chi connectivity index (χ1) is 10.1. The second-order valence-electron chi connectivity index (χ2n) is 4.53. The molecule has 1 atom stereocenters. The van der Waals surface area contributed by atoms with Gasteiger partial charge in [-0.15, -0.1) is 0 Å². The summed E-state index contributed by atoms with van der Waals surface area (Å²) < 4.78 is 11.5. The highest BCUT2D eigenvalue weighted by Crippen LogP contribution is 2.30. The molecule has 0 fully saturated rings. The van der Waals surface area contributed by atoms with E-state index in [9.17, 15) is 0 Å². The van der Waals surface area contributed by atoms with Crippen LogP contribution in [0.4, 0.5) is 0 Å². The molecule has 1 heterocycles. The maximum atomic E-state index is 5.35. The molecule has 0 aliphatic rings. The minimum absolute atomic E-state index is 0.105. The maximum absolute atomic E-state index is 5.35. The van der Waals surface area contributed by atoms with Crippen molar-refractivity contribution >= 4 is 15.9 Å². The maximum Gasteiger partial charge on any atom is 0.240 e. The summed E-state index contributed by atoms with van der Waals surface area (Å²) in [5.41, 5.74) is 3.01. The van der Waals surface area contributed by atoms with Gasteiger partial charge in [-0.1, -0.05) is 22.0 Å². The average molecular weight is 352 g/mol. The first-order valence-electron chi connectivity index (χ1n) is 6.49. The zero-order valence-electron chi connectivity index (χ0n) is 12.5. The van der Waals surface area contributed by atoms with E-state index in [1.165, 1.54) is 0 Å². The van der Waals surface area contributed by atoms with Crippen LogP contribution < -0.4 is 14.8 Å². The molecule has 1 aromatic carbocycles. The summed E-state index contributed by atoms with van der Waals surface area (Å²) >= 11 is 3.48. The number of ether oxygens (including phenoxy) is 2. The van der Waals surface area contributed by atoms with Crippen molar-refractivity contribution in [3.63, 3.8) is 0 Å². The molecule has 0 saturated carbocycles. The molecule has 0 aliphatic heterocycles. The summed E-state index contributed by atoms with van der Waals surface area (Å²) in [6.07, 6.45) is 1.59. The predicted molar refractivity (Wildman–Crippen MR) is 84.9 cm³/mol. The van der Waals surface area contributed by atoms with Crippen molar-refractivity contribution < 1.29 is 9.47 Å². The highest BCUT2D eigenvalue weighted by atomic mass is 79.9. The molecule has 5 nitrogen and oxygen atoms in total. The van der Waals surface area contributed by atoms with Gasteiger partial charge in [-0.05, 0) is 37.2 Å². The van der Waals surface area contributed by atoms with Crippen molar-refractivity contribution in [2.45, 2.75) is 13.0 Å². The highest BCUT2D eigenvalue weighted by Gasteiger charge is 2.21. The first-order valence-corrected chi connectivity index (χ1v) is 7.28. The largest absolute Gasteiger partial charge is 0.480 e. The van der Waals surface area contributed by atoms with Crippen LogP contribution in [-0.4, -0.2) is 31.2 Å². The van der Waals surface area contributed by atoms with Crippen molar-refractivity contribution in [3.8, 4) is 11.8 Å². The van der Waals surface area contributed by atoms with E-state index in [2.05, 4.69) is 50.3 Å². The van der Waals surface area contributed by atoms with Gasteiger partial charge in [0.05, 0.1) is 26.5 Å². The minimum Gasteiger partial charge on any atom is -0.480 e. The van der Waals surface area contributed by atoms with E-state index in [0.717, 1.165) is 21.3 Å². The van der Waals surface area contributed by atoms with Gasteiger partial charge < -0.3 is 14.8 Å². The van der Waals surface area contributed by atoms with Crippen LogP contribution >= 0.6 is 15.9 Å². The first kappa shape index (κ1) is 15.7. The second kappa shape index (κ2) is 6.87. The number of nitrogens with zero attached hydrogens (tertiary/aromatic N) is 2. The fourth-order valence-corrected chi connectivity index (χ4v) is 2.69. The van der Waals surface area contributed by atoms with Crippen molar-refractivity contribution in [1.29, 1.82) is 0 Å². The van der Waals surface area contributed by atoms with Crippen LogP contribution in [0.1, 0.15) is 22.9 Å². The van der Waals surface area contributed by atoms with Gasteiger partial charge in [-0.3, -0.25) is 0 Å². The molecular formula is C15H18BrN3O2. The van der Waals surface area contributed by atoms with Gasteiger partial charge in [0.25, 0.3) is 0 Å². The smallest absolute Gasteiger partial charge is 0.240 e. The van der Waals surface area contributed by atoms with Crippen LogP contribution in [0.5, 0.6) is 11.8 Å². The van der Waals surface area contributed by atoms with Crippen LogP contribution in [-0.2, 0) is 0 Å². The fourth-order valence-electron chi connectivity index (χ4n) is 2.22. The highest BCUT2D eigenvalue weighted by molar-refractivity contribution is 9.10. The number of hydrogen-bond acceptors (Lipinski definition) is 5. The number of nitrogens with one attached hydrogen (secondary N) is 1. The molecule has 6 heteroatoms. The lowest BCUT2D eigenvalue weighted by Gasteiger charge is -2.20. The number of benzene rings is 1. The third-order valence-corrected chi connectivity index (χ3v) is 3.75. The van der Waals surface area contributed by atoms with E-state index >= 15 is 0 Å². The normalized spacial score (nSPS) is 12.0. The summed E-state index contributed by atoms with van der Waals surface area (Å²) in [4.78, 5) is 8.74. The molecule has 2 aromatic rings. The summed E-state index contributed by atoms with van der Waals surface area (Å²) in [7, 11) is 5.02. The molecule has 2 rings (SSSR count). The predicted octanol–water partition coefficient (Wildman–Crippen LogP) is 2.87. The SMILES string of the molecule is CNC(c1ccc(Br)cc1C)c1ncc(OC)nc1OC. The minimum atomic E-state index is -0.105. The third kappa shape index (κ3) is 3.33. The van der Waals surface area contributed by atoms with Crippen molar-refractivity contribution in [2.24, 2.45) is 0 Å². The number of aryl methyl sites for hydroxylation is 1. The summed E-state index contributed by atoms with van der Waals surface area (Å²) in [6, 6.07) is 6.04. The second-order valence-corrected chi connectivity index (χ2v) is 5.45. The summed E-state index contributed by atoms with van der Waals surface area (Å²) in [5, 5.41) is 3.27. The summed E-state index contributed by atoms with van der Waals surface area (Å²) in [5.74, 6) is 0.883. The van der Waals surface area contributed by atoms with Crippen molar-refractivity contribution in [3.05, 3.63) is 45.7 Å². The topological polar surface area (TPSA) is 56.3 Å². The Morgan fingerprint density at radius 1 is 1.24 bits per heavy atom. The number of hydrogen-bond donors (Lipinski definition) is 1. The van der Waals surface area contributed by atoms with Crippen LogP contribution in [0.15, 0.2) is 28.9 Å². The Morgan fingerprint density at radius 3 is 2.57 bits per heavy atom. The van der Waals surface area contributed by atoms with Gasteiger partial charge in [0, 0.05) is 4.47 Å².